The number of anilines is 1. The number of hydrogen-bond donors (Lipinski definition) is 2. The number of alkyl carbamates (subject to hydrolysis) is 1. The molecule has 146 valence electrons. The molecule has 2 atom stereocenters. The molecule has 0 bridgehead atoms. The summed E-state index contributed by atoms with van der Waals surface area (Å²) >= 11 is 3.17. The van der Waals surface area contributed by atoms with Crippen molar-refractivity contribution in [2.75, 3.05) is 10.6 Å². The van der Waals surface area contributed by atoms with Crippen molar-refractivity contribution >= 4 is 33.7 Å². The van der Waals surface area contributed by atoms with E-state index in [1.807, 2.05) is 45.4 Å². The molecule has 0 radical (unpaired) electrons. The lowest BCUT2D eigenvalue weighted by atomic mass is 10.0. The van der Waals surface area contributed by atoms with Crippen molar-refractivity contribution in [1.82, 2.24) is 15.1 Å². The van der Waals surface area contributed by atoms with E-state index in [-0.39, 0.29) is 40.9 Å². The second-order valence-corrected chi connectivity index (χ2v) is 8.62. The molecule has 2 unspecified atom stereocenters. The van der Waals surface area contributed by atoms with Crippen molar-refractivity contribution in [3.05, 3.63) is 11.8 Å². The molecular formula is C18H29BrN4O3. The third-order valence-corrected chi connectivity index (χ3v) is 4.74. The molecule has 2 rings (SSSR count). The summed E-state index contributed by atoms with van der Waals surface area (Å²) in [5.41, 5.74) is 0.680. The summed E-state index contributed by atoms with van der Waals surface area (Å²) in [5.74, 6) is 0.800. The molecule has 1 fully saturated rings. The van der Waals surface area contributed by atoms with Gasteiger partial charge in [0.15, 0.2) is 0 Å². The van der Waals surface area contributed by atoms with Gasteiger partial charge in [0.1, 0.15) is 11.9 Å². The molecule has 0 spiro atoms. The molecule has 0 aromatic carbocycles. The normalized spacial score (nSPS) is 20.3. The van der Waals surface area contributed by atoms with Crippen LogP contribution in [0.2, 0.25) is 0 Å². The molecule has 1 aliphatic rings. The number of carbonyl (C=O) groups is 2. The quantitative estimate of drug-likeness (QED) is 0.699. The fourth-order valence-electron chi connectivity index (χ4n) is 3.11. The largest absolute Gasteiger partial charge is 0.446 e. The molecule has 0 aliphatic heterocycles. The highest BCUT2D eigenvalue weighted by atomic mass is 79.9. The zero-order valence-corrected chi connectivity index (χ0v) is 17.7. The number of hydrogen-bond acceptors (Lipinski definition) is 4. The van der Waals surface area contributed by atoms with Crippen molar-refractivity contribution < 1.29 is 14.3 Å². The maximum Gasteiger partial charge on any atom is 0.407 e. The Morgan fingerprint density at radius 2 is 2.08 bits per heavy atom. The van der Waals surface area contributed by atoms with Gasteiger partial charge in [-0.1, -0.05) is 15.9 Å². The molecule has 7 nitrogen and oxygen atoms in total. The van der Waals surface area contributed by atoms with Crippen LogP contribution in [0.5, 0.6) is 0 Å². The first-order chi connectivity index (χ1) is 12.1. The van der Waals surface area contributed by atoms with Crippen LogP contribution >= 0.6 is 15.9 Å². The summed E-state index contributed by atoms with van der Waals surface area (Å²) in [6.07, 6.45) is 2.02. The van der Waals surface area contributed by atoms with Crippen LogP contribution in [0.3, 0.4) is 0 Å². The molecule has 1 heterocycles. The molecule has 0 saturated heterocycles. The lowest BCUT2D eigenvalue weighted by molar-refractivity contribution is -0.113. The van der Waals surface area contributed by atoms with Crippen molar-refractivity contribution in [1.29, 1.82) is 0 Å². The number of alkyl halides is 1. The summed E-state index contributed by atoms with van der Waals surface area (Å²) in [6, 6.07) is 2.00. The van der Waals surface area contributed by atoms with Crippen LogP contribution in [0, 0.1) is 0 Å². The summed E-state index contributed by atoms with van der Waals surface area (Å²) in [6.45, 7) is 9.94. The minimum atomic E-state index is -0.365. The van der Waals surface area contributed by atoms with E-state index in [1.165, 1.54) is 0 Å². The Kier molecular flexibility index (Phi) is 6.71. The number of nitrogens with zero attached hydrogens (tertiary/aromatic N) is 2. The van der Waals surface area contributed by atoms with Gasteiger partial charge >= 0.3 is 6.09 Å². The van der Waals surface area contributed by atoms with Crippen LogP contribution in [0.15, 0.2) is 6.07 Å². The Bertz CT molecular complexity index is 651. The number of carbonyl (C=O) groups excluding carboxylic acids is 2. The van der Waals surface area contributed by atoms with Gasteiger partial charge in [-0.25, -0.2) is 9.48 Å². The zero-order chi connectivity index (χ0) is 19.5. The van der Waals surface area contributed by atoms with Crippen molar-refractivity contribution in [3.63, 3.8) is 0 Å². The Labute approximate surface area is 163 Å². The molecule has 1 aromatic rings. The Morgan fingerprint density at radius 3 is 2.65 bits per heavy atom. The van der Waals surface area contributed by atoms with Gasteiger partial charge in [-0.3, -0.25) is 4.79 Å². The Balaban J connectivity index is 2.09. The molecule has 1 saturated carbocycles. The average molecular weight is 429 g/mol. The van der Waals surface area contributed by atoms with Crippen LogP contribution in [-0.2, 0) is 15.1 Å². The van der Waals surface area contributed by atoms with Crippen LogP contribution < -0.4 is 10.6 Å². The number of nitrogens with one attached hydrogen (secondary N) is 2. The summed E-state index contributed by atoms with van der Waals surface area (Å²) in [4.78, 5) is 23.6. The van der Waals surface area contributed by atoms with Crippen molar-refractivity contribution in [2.24, 2.45) is 0 Å². The molecule has 2 N–H and O–H groups in total. The van der Waals surface area contributed by atoms with Gasteiger partial charge in [0.2, 0.25) is 5.91 Å². The standard InChI is InChI=1S/C18H29BrN4O3/c1-11(2)20-17(25)26-13-7-6-12(8-13)14-9-15(21-16(24)10-19)23(22-14)18(3,4)5/h9,11-13H,6-8,10H2,1-5H3,(H,20,25)(H,21,24). The molecule has 1 aliphatic carbocycles. The van der Waals surface area contributed by atoms with Gasteiger partial charge in [-0.05, 0) is 53.9 Å². The lowest BCUT2D eigenvalue weighted by Gasteiger charge is -2.22. The molecule has 26 heavy (non-hydrogen) atoms. The minimum Gasteiger partial charge on any atom is -0.446 e. The van der Waals surface area contributed by atoms with Crippen molar-refractivity contribution in [3.8, 4) is 0 Å². The van der Waals surface area contributed by atoms with Gasteiger partial charge in [0.05, 0.1) is 16.6 Å². The van der Waals surface area contributed by atoms with Gasteiger partial charge < -0.3 is 15.4 Å². The number of aromatic nitrogens is 2. The van der Waals surface area contributed by atoms with E-state index in [2.05, 4.69) is 26.6 Å². The first-order valence-corrected chi connectivity index (χ1v) is 10.2. The fraction of sp³-hybridized carbons (Fsp3) is 0.722. The van der Waals surface area contributed by atoms with E-state index < -0.39 is 0 Å². The van der Waals surface area contributed by atoms with E-state index in [0.29, 0.717) is 5.82 Å². The lowest BCUT2D eigenvalue weighted by Crippen LogP contribution is -2.33. The van der Waals surface area contributed by atoms with Crippen molar-refractivity contribution in [2.45, 2.75) is 77.5 Å². The molecule has 8 heteroatoms. The topological polar surface area (TPSA) is 85.3 Å². The predicted octanol–water partition coefficient (Wildman–Crippen LogP) is 3.74. The Hall–Kier alpha value is -1.57. The highest BCUT2D eigenvalue weighted by Gasteiger charge is 2.32. The molecule has 1 aromatic heterocycles. The van der Waals surface area contributed by atoms with Gasteiger partial charge in [0, 0.05) is 18.0 Å². The molecular weight excluding hydrogens is 400 g/mol. The van der Waals surface area contributed by atoms with Gasteiger partial charge in [-0.15, -0.1) is 0 Å². The third kappa shape index (κ3) is 5.46. The van der Waals surface area contributed by atoms with E-state index in [4.69, 9.17) is 9.84 Å². The first-order valence-electron chi connectivity index (χ1n) is 9.03. The van der Waals surface area contributed by atoms with E-state index >= 15 is 0 Å². The Morgan fingerprint density at radius 1 is 1.38 bits per heavy atom. The van der Waals surface area contributed by atoms with Crippen LogP contribution in [0.25, 0.3) is 0 Å². The smallest absolute Gasteiger partial charge is 0.407 e. The predicted molar refractivity (Wildman–Crippen MR) is 105 cm³/mol. The first kappa shape index (κ1) is 20.7. The third-order valence-electron chi connectivity index (χ3n) is 4.24. The maximum atomic E-state index is 11.8. The summed E-state index contributed by atoms with van der Waals surface area (Å²) < 4.78 is 7.35. The second-order valence-electron chi connectivity index (χ2n) is 8.06. The number of amides is 2. The summed E-state index contributed by atoms with van der Waals surface area (Å²) in [7, 11) is 0. The van der Waals surface area contributed by atoms with Gasteiger partial charge in [-0.2, -0.15) is 5.10 Å². The highest BCUT2D eigenvalue weighted by molar-refractivity contribution is 9.09. The molecule has 2 amide bonds. The maximum absolute atomic E-state index is 11.8. The highest BCUT2D eigenvalue weighted by Crippen LogP contribution is 2.37. The number of halogens is 1. The SMILES string of the molecule is CC(C)NC(=O)OC1CCC(c2cc(NC(=O)CBr)n(C(C)(C)C)n2)C1. The zero-order valence-electron chi connectivity index (χ0n) is 16.1. The van der Waals surface area contributed by atoms with Crippen LogP contribution in [0.4, 0.5) is 10.6 Å². The van der Waals surface area contributed by atoms with E-state index in [0.717, 1.165) is 25.0 Å². The van der Waals surface area contributed by atoms with Gasteiger partial charge in [0.25, 0.3) is 0 Å². The fourth-order valence-corrected chi connectivity index (χ4v) is 3.25. The summed E-state index contributed by atoms with van der Waals surface area (Å²) in [5, 5.41) is 10.6. The second kappa shape index (κ2) is 8.41. The van der Waals surface area contributed by atoms with Crippen LogP contribution in [0.1, 0.15) is 65.5 Å². The average Bonchev–Trinajstić information content (AvgIpc) is 3.12. The monoisotopic (exact) mass is 428 g/mol. The van der Waals surface area contributed by atoms with E-state index in [1.54, 1.807) is 0 Å². The van der Waals surface area contributed by atoms with E-state index in [9.17, 15) is 9.59 Å². The number of rotatable bonds is 5. The number of ether oxygens (including phenoxy) is 1. The van der Waals surface area contributed by atoms with Crippen LogP contribution in [-0.4, -0.2) is 39.3 Å². The minimum absolute atomic E-state index is 0.0581.